The van der Waals surface area contributed by atoms with Crippen molar-refractivity contribution in [2.24, 2.45) is 0 Å². The molecule has 0 radical (unpaired) electrons. The minimum atomic E-state index is 1.23. The van der Waals surface area contributed by atoms with Crippen molar-refractivity contribution in [3.63, 3.8) is 0 Å². The first kappa shape index (κ1) is 40.2. The lowest BCUT2D eigenvalue weighted by molar-refractivity contribution is -0.704. The standard InChI is InChI=1S/C41H81N2/c1-4-7-10-13-16-19-21-22-24-27-30-33-36-41-42(37-34-31-28-25-18-15-12-9-6-3)39-40-43(41)38-35-32-29-26-23-20-17-14-11-8-5-2/h39-40H,4-38H2,1-3H3/q+1. The molecule has 0 saturated heterocycles. The van der Waals surface area contributed by atoms with Crippen LogP contribution in [-0.4, -0.2) is 4.57 Å². The van der Waals surface area contributed by atoms with Gasteiger partial charge < -0.3 is 0 Å². The molecule has 2 nitrogen and oxygen atoms in total. The second-order valence-corrected chi connectivity index (χ2v) is 14.1. The van der Waals surface area contributed by atoms with Crippen LogP contribution in [0.3, 0.4) is 0 Å². The van der Waals surface area contributed by atoms with Gasteiger partial charge in [-0.2, -0.15) is 0 Å². The van der Waals surface area contributed by atoms with Gasteiger partial charge in [0.1, 0.15) is 12.4 Å². The lowest BCUT2D eigenvalue weighted by atomic mass is 10.0. The Morgan fingerprint density at radius 1 is 0.395 bits per heavy atom. The van der Waals surface area contributed by atoms with Gasteiger partial charge in [0.25, 0.3) is 5.82 Å². The molecule has 1 aromatic rings. The Balaban J connectivity index is 2.30. The van der Waals surface area contributed by atoms with E-state index >= 15 is 0 Å². The van der Waals surface area contributed by atoms with Crippen molar-refractivity contribution in [2.45, 2.75) is 246 Å². The summed E-state index contributed by atoms with van der Waals surface area (Å²) in [4.78, 5) is 0. The van der Waals surface area contributed by atoms with Gasteiger partial charge in [0.05, 0.1) is 13.1 Å². The van der Waals surface area contributed by atoms with Crippen LogP contribution >= 0.6 is 0 Å². The maximum atomic E-state index is 2.64. The van der Waals surface area contributed by atoms with Crippen LogP contribution in [0.1, 0.15) is 232 Å². The van der Waals surface area contributed by atoms with E-state index in [4.69, 9.17) is 0 Å². The number of hydrogen-bond donors (Lipinski definition) is 0. The number of aromatic nitrogens is 2. The Morgan fingerprint density at radius 2 is 0.721 bits per heavy atom. The molecule has 0 N–H and O–H groups in total. The van der Waals surface area contributed by atoms with Gasteiger partial charge in [0, 0.05) is 6.42 Å². The van der Waals surface area contributed by atoms with E-state index in [1.165, 1.54) is 225 Å². The summed E-state index contributed by atoms with van der Waals surface area (Å²) in [7, 11) is 0. The molecule has 1 rings (SSSR count). The highest BCUT2D eigenvalue weighted by Crippen LogP contribution is 2.15. The Bertz CT molecular complexity index is 663. The molecular formula is C41H81N2+. The molecule has 1 heterocycles. The Labute approximate surface area is 272 Å². The molecule has 254 valence electrons. The van der Waals surface area contributed by atoms with Gasteiger partial charge in [-0.1, -0.05) is 194 Å². The third-order valence-electron chi connectivity index (χ3n) is 9.85. The van der Waals surface area contributed by atoms with Crippen LogP contribution in [0.25, 0.3) is 0 Å². The fourth-order valence-corrected chi connectivity index (χ4v) is 6.86. The van der Waals surface area contributed by atoms with Gasteiger partial charge in [-0.3, -0.25) is 0 Å². The third kappa shape index (κ3) is 25.1. The van der Waals surface area contributed by atoms with Crippen LogP contribution in [0.5, 0.6) is 0 Å². The summed E-state index contributed by atoms with van der Waals surface area (Å²) in [6.45, 7) is 9.40. The molecule has 1 aromatic heterocycles. The molecule has 0 atom stereocenters. The molecule has 0 spiro atoms. The Kier molecular flexibility index (Phi) is 30.5. The molecule has 0 unspecified atom stereocenters. The topological polar surface area (TPSA) is 8.81 Å². The van der Waals surface area contributed by atoms with Gasteiger partial charge in [0.2, 0.25) is 0 Å². The molecule has 0 amide bonds. The highest BCUT2D eigenvalue weighted by atomic mass is 15.1. The number of nitrogens with zero attached hydrogens (tertiary/aromatic N) is 2. The Morgan fingerprint density at radius 3 is 1.12 bits per heavy atom. The highest BCUT2D eigenvalue weighted by molar-refractivity contribution is 4.84. The maximum Gasteiger partial charge on any atom is 0.256 e. The quantitative estimate of drug-likeness (QED) is 0.0540. The fraction of sp³-hybridized carbons (Fsp3) is 0.927. The van der Waals surface area contributed by atoms with E-state index in [9.17, 15) is 0 Å². The van der Waals surface area contributed by atoms with Crippen LogP contribution in [0.15, 0.2) is 12.4 Å². The monoisotopic (exact) mass is 602 g/mol. The molecule has 0 aliphatic heterocycles. The highest BCUT2D eigenvalue weighted by Gasteiger charge is 2.16. The van der Waals surface area contributed by atoms with Crippen molar-refractivity contribution in [2.75, 3.05) is 0 Å². The van der Waals surface area contributed by atoms with E-state index in [1.807, 2.05) is 0 Å². The summed E-state index contributed by atoms with van der Waals surface area (Å²) in [5.41, 5.74) is 0. The summed E-state index contributed by atoms with van der Waals surface area (Å²) in [6.07, 6.45) is 51.9. The first-order valence-electron chi connectivity index (χ1n) is 20.4. The zero-order valence-electron chi connectivity index (χ0n) is 30.3. The maximum absolute atomic E-state index is 2.64. The van der Waals surface area contributed by atoms with Crippen LogP contribution in [-0.2, 0) is 19.5 Å². The molecule has 0 fully saturated rings. The van der Waals surface area contributed by atoms with Crippen LogP contribution < -0.4 is 4.57 Å². The van der Waals surface area contributed by atoms with E-state index in [0.717, 1.165) is 0 Å². The van der Waals surface area contributed by atoms with Crippen molar-refractivity contribution in [3.8, 4) is 0 Å². The largest absolute Gasteiger partial charge is 0.256 e. The number of hydrogen-bond acceptors (Lipinski definition) is 0. The number of aryl methyl sites for hydroxylation is 2. The predicted molar refractivity (Wildman–Crippen MR) is 193 cm³/mol. The average molecular weight is 602 g/mol. The van der Waals surface area contributed by atoms with E-state index in [0.29, 0.717) is 0 Å². The van der Waals surface area contributed by atoms with E-state index in [2.05, 4.69) is 42.3 Å². The minimum absolute atomic E-state index is 1.23. The van der Waals surface area contributed by atoms with Crippen molar-refractivity contribution in [3.05, 3.63) is 18.2 Å². The summed E-state index contributed by atoms with van der Waals surface area (Å²) in [5, 5.41) is 0. The van der Waals surface area contributed by atoms with E-state index in [1.54, 1.807) is 5.82 Å². The van der Waals surface area contributed by atoms with Gasteiger partial charge >= 0.3 is 0 Å². The zero-order valence-corrected chi connectivity index (χ0v) is 30.3. The summed E-state index contributed by atoms with van der Waals surface area (Å²) < 4.78 is 5.28. The van der Waals surface area contributed by atoms with Crippen LogP contribution in [0.4, 0.5) is 0 Å². The second-order valence-electron chi connectivity index (χ2n) is 14.1. The fourth-order valence-electron chi connectivity index (χ4n) is 6.86. The van der Waals surface area contributed by atoms with Gasteiger partial charge in [-0.05, 0) is 32.1 Å². The molecule has 0 aromatic carbocycles. The van der Waals surface area contributed by atoms with Gasteiger partial charge in [0.15, 0.2) is 0 Å². The predicted octanol–water partition coefficient (Wildman–Crippen LogP) is 13.9. The zero-order chi connectivity index (χ0) is 30.9. The molecule has 0 aliphatic carbocycles. The van der Waals surface area contributed by atoms with Crippen LogP contribution in [0.2, 0.25) is 0 Å². The SMILES string of the molecule is CCCCCCCCCCCCCCc1n(CCCCCCCCCCCCC)cc[n+]1CCCCCCCCCCC. The van der Waals surface area contributed by atoms with Crippen molar-refractivity contribution < 1.29 is 4.57 Å². The minimum Gasteiger partial charge on any atom is -0.234 e. The molecule has 0 saturated carbocycles. The third-order valence-corrected chi connectivity index (χ3v) is 9.85. The number of rotatable bonds is 35. The van der Waals surface area contributed by atoms with Crippen LogP contribution in [0, 0.1) is 0 Å². The normalized spacial score (nSPS) is 11.6. The van der Waals surface area contributed by atoms with Crippen molar-refractivity contribution in [1.82, 2.24) is 4.57 Å². The first-order valence-corrected chi connectivity index (χ1v) is 20.4. The summed E-state index contributed by atoms with van der Waals surface area (Å²) >= 11 is 0. The Hall–Kier alpha value is -0.790. The molecule has 43 heavy (non-hydrogen) atoms. The summed E-state index contributed by atoms with van der Waals surface area (Å²) in [5.74, 6) is 1.62. The molecule has 0 aliphatic rings. The molecule has 2 heteroatoms. The second kappa shape index (κ2) is 32.6. The molecular weight excluding hydrogens is 520 g/mol. The number of unbranched alkanes of at least 4 members (excludes halogenated alkanes) is 29. The van der Waals surface area contributed by atoms with Gasteiger partial charge in [-0.15, -0.1) is 0 Å². The van der Waals surface area contributed by atoms with E-state index in [-0.39, 0.29) is 0 Å². The molecule has 0 bridgehead atoms. The summed E-state index contributed by atoms with van der Waals surface area (Å²) in [6, 6.07) is 0. The van der Waals surface area contributed by atoms with Crippen molar-refractivity contribution in [1.29, 1.82) is 0 Å². The lowest BCUT2D eigenvalue weighted by Crippen LogP contribution is -2.37. The van der Waals surface area contributed by atoms with Gasteiger partial charge in [-0.25, -0.2) is 9.13 Å². The van der Waals surface area contributed by atoms with Crippen molar-refractivity contribution >= 4 is 0 Å². The first-order chi connectivity index (χ1) is 21.3. The number of imidazole rings is 1. The van der Waals surface area contributed by atoms with E-state index < -0.39 is 0 Å². The smallest absolute Gasteiger partial charge is 0.234 e. The average Bonchev–Trinajstić information content (AvgIpc) is 3.40. The lowest BCUT2D eigenvalue weighted by Gasteiger charge is -2.07.